The minimum atomic E-state index is -0.615. The van der Waals surface area contributed by atoms with Gasteiger partial charge in [0.15, 0.2) is 0 Å². The van der Waals surface area contributed by atoms with Gasteiger partial charge in [0.1, 0.15) is 12.6 Å². The largest absolute Gasteiger partial charge is 0.447 e. The molecule has 7 heteroatoms. The fraction of sp³-hybridized carbons (Fsp3) is 0.533. The molecule has 0 saturated carbocycles. The second-order valence-electron chi connectivity index (χ2n) is 5.42. The monoisotopic (exact) mass is 305 g/mol. The summed E-state index contributed by atoms with van der Waals surface area (Å²) < 4.78 is 10.5. The van der Waals surface area contributed by atoms with Crippen LogP contribution in [0, 0.1) is 0 Å². The van der Waals surface area contributed by atoms with E-state index in [4.69, 9.17) is 9.47 Å². The lowest BCUT2D eigenvalue weighted by Crippen LogP contribution is -2.47. The third-order valence-electron chi connectivity index (χ3n) is 3.86. The number of nitrogens with zero attached hydrogens (tertiary/aromatic N) is 2. The molecule has 2 aliphatic heterocycles. The molecule has 1 N–H and O–H groups in total. The van der Waals surface area contributed by atoms with Crippen LogP contribution >= 0.6 is 0 Å². The van der Waals surface area contributed by atoms with Crippen LogP contribution in [0.4, 0.5) is 4.79 Å². The number of aromatic nitrogens is 1. The van der Waals surface area contributed by atoms with Crippen molar-refractivity contribution in [2.45, 2.75) is 31.5 Å². The van der Waals surface area contributed by atoms with Gasteiger partial charge in [-0.3, -0.25) is 14.7 Å². The number of carbonyl (C=O) groups is 2. The third-order valence-corrected chi connectivity index (χ3v) is 3.86. The molecule has 2 aliphatic rings. The Bertz CT molecular complexity index is 531. The number of rotatable bonds is 5. The van der Waals surface area contributed by atoms with E-state index in [1.807, 2.05) is 12.1 Å². The molecule has 22 heavy (non-hydrogen) atoms. The molecule has 3 rings (SSSR count). The van der Waals surface area contributed by atoms with Crippen LogP contribution in [0.25, 0.3) is 0 Å². The summed E-state index contributed by atoms with van der Waals surface area (Å²) in [5.41, 5.74) is 0.721. The third kappa shape index (κ3) is 3.36. The molecule has 2 fully saturated rings. The van der Waals surface area contributed by atoms with Crippen molar-refractivity contribution in [2.24, 2.45) is 0 Å². The molecule has 2 amide bonds. The summed E-state index contributed by atoms with van der Waals surface area (Å²) in [7, 11) is 0. The van der Waals surface area contributed by atoms with Gasteiger partial charge in [-0.05, 0) is 25.0 Å². The molecule has 0 bridgehead atoms. The number of hydrogen-bond donors (Lipinski definition) is 1. The van der Waals surface area contributed by atoms with Crippen LogP contribution in [-0.4, -0.2) is 53.8 Å². The summed E-state index contributed by atoms with van der Waals surface area (Å²) in [5.74, 6) is -0.211. The number of ether oxygens (including phenoxy) is 2. The van der Waals surface area contributed by atoms with Crippen molar-refractivity contribution in [3.8, 4) is 0 Å². The maximum Gasteiger partial charge on any atom is 0.411 e. The van der Waals surface area contributed by atoms with Gasteiger partial charge in [0.25, 0.3) is 0 Å². The van der Waals surface area contributed by atoms with Crippen molar-refractivity contribution in [3.63, 3.8) is 0 Å². The van der Waals surface area contributed by atoms with Gasteiger partial charge >= 0.3 is 6.09 Å². The van der Waals surface area contributed by atoms with E-state index in [0.29, 0.717) is 6.54 Å². The smallest absolute Gasteiger partial charge is 0.411 e. The molecule has 0 spiro atoms. The first-order valence-corrected chi connectivity index (χ1v) is 7.46. The molecule has 0 aromatic carbocycles. The van der Waals surface area contributed by atoms with E-state index >= 15 is 0 Å². The Labute approximate surface area is 128 Å². The maximum absolute atomic E-state index is 12.3. The van der Waals surface area contributed by atoms with E-state index in [1.165, 1.54) is 4.90 Å². The number of amides is 2. The first-order chi connectivity index (χ1) is 10.7. The molecular formula is C15H19N3O4. The summed E-state index contributed by atoms with van der Waals surface area (Å²) in [4.78, 5) is 29.7. The molecule has 118 valence electrons. The zero-order valence-electron chi connectivity index (χ0n) is 12.2. The van der Waals surface area contributed by atoms with Gasteiger partial charge in [-0.2, -0.15) is 0 Å². The first kappa shape index (κ1) is 14.8. The normalized spacial score (nSPS) is 24.4. The molecular weight excluding hydrogens is 286 g/mol. The molecule has 1 aromatic heterocycles. The van der Waals surface area contributed by atoms with Gasteiger partial charge in [0.05, 0.1) is 18.3 Å². The van der Waals surface area contributed by atoms with Gasteiger partial charge in [0.2, 0.25) is 5.91 Å². The molecule has 2 atom stereocenters. The van der Waals surface area contributed by atoms with Gasteiger partial charge in [0, 0.05) is 19.3 Å². The summed E-state index contributed by atoms with van der Waals surface area (Å²) in [6, 6.07) is 4.84. The number of pyridine rings is 1. The topological polar surface area (TPSA) is 80.8 Å². The number of carbonyl (C=O) groups excluding carboxylic acids is 2. The van der Waals surface area contributed by atoms with Crippen molar-refractivity contribution >= 4 is 12.0 Å². The summed E-state index contributed by atoms with van der Waals surface area (Å²) in [5, 5.41) is 2.84. The molecule has 0 aliphatic carbocycles. The molecule has 0 radical (unpaired) electrons. The van der Waals surface area contributed by atoms with Gasteiger partial charge in [-0.25, -0.2) is 4.79 Å². The van der Waals surface area contributed by atoms with Crippen LogP contribution in [0.15, 0.2) is 24.4 Å². The van der Waals surface area contributed by atoms with Gasteiger partial charge < -0.3 is 14.8 Å². The van der Waals surface area contributed by atoms with E-state index in [0.717, 1.165) is 25.1 Å². The number of hydrogen-bond acceptors (Lipinski definition) is 5. The van der Waals surface area contributed by atoms with Crippen molar-refractivity contribution in [2.75, 3.05) is 19.8 Å². The van der Waals surface area contributed by atoms with E-state index in [2.05, 4.69) is 10.3 Å². The quantitative estimate of drug-likeness (QED) is 0.866. The number of nitrogens with one attached hydrogen (secondary N) is 1. The summed E-state index contributed by atoms with van der Waals surface area (Å²) in [6.45, 7) is 1.55. The van der Waals surface area contributed by atoms with Crippen LogP contribution in [0.3, 0.4) is 0 Å². The molecule has 1 unspecified atom stereocenters. The standard InChI is InChI=1S/C15H19N3O4/c19-14(17-8-12-5-3-7-21-12)13-10-22-15(20)18(13)9-11-4-1-2-6-16-11/h1-2,4,6,12-13H,3,5,7-10H2,(H,17,19)/t12?,13-/m0/s1. The van der Waals surface area contributed by atoms with Crippen LogP contribution in [-0.2, 0) is 20.8 Å². The highest BCUT2D eigenvalue weighted by Crippen LogP contribution is 2.16. The Hall–Kier alpha value is -2.15. The highest BCUT2D eigenvalue weighted by Gasteiger charge is 2.38. The maximum atomic E-state index is 12.3. The predicted octanol–water partition coefficient (Wildman–Crippen LogP) is 0.698. The molecule has 2 saturated heterocycles. The summed E-state index contributed by atoms with van der Waals surface area (Å²) in [6.07, 6.45) is 3.23. The lowest BCUT2D eigenvalue weighted by molar-refractivity contribution is -0.125. The Morgan fingerprint density at radius 3 is 3.09 bits per heavy atom. The Balaban J connectivity index is 1.58. The molecule has 3 heterocycles. The average Bonchev–Trinajstić information content (AvgIpc) is 3.17. The van der Waals surface area contributed by atoms with Crippen molar-refractivity contribution in [1.29, 1.82) is 0 Å². The van der Waals surface area contributed by atoms with Gasteiger partial charge in [-0.1, -0.05) is 6.07 Å². The van der Waals surface area contributed by atoms with Crippen LogP contribution in [0.2, 0.25) is 0 Å². The lowest BCUT2D eigenvalue weighted by Gasteiger charge is -2.21. The fourth-order valence-corrected chi connectivity index (χ4v) is 2.65. The Morgan fingerprint density at radius 1 is 1.45 bits per heavy atom. The van der Waals surface area contributed by atoms with E-state index in [1.54, 1.807) is 12.3 Å². The van der Waals surface area contributed by atoms with E-state index in [-0.39, 0.29) is 25.2 Å². The van der Waals surface area contributed by atoms with Crippen molar-refractivity contribution in [1.82, 2.24) is 15.2 Å². The predicted molar refractivity (Wildman–Crippen MR) is 76.9 cm³/mol. The van der Waals surface area contributed by atoms with Crippen LogP contribution in [0.1, 0.15) is 18.5 Å². The lowest BCUT2D eigenvalue weighted by atomic mass is 10.2. The van der Waals surface area contributed by atoms with Crippen LogP contribution < -0.4 is 5.32 Å². The Morgan fingerprint density at radius 2 is 2.36 bits per heavy atom. The van der Waals surface area contributed by atoms with E-state index in [9.17, 15) is 9.59 Å². The second-order valence-corrected chi connectivity index (χ2v) is 5.42. The second kappa shape index (κ2) is 6.74. The highest BCUT2D eigenvalue weighted by molar-refractivity contribution is 5.87. The minimum absolute atomic E-state index is 0.0724. The molecule has 1 aromatic rings. The Kier molecular flexibility index (Phi) is 4.53. The average molecular weight is 305 g/mol. The molecule has 7 nitrogen and oxygen atoms in total. The number of cyclic esters (lactones) is 1. The first-order valence-electron chi connectivity index (χ1n) is 7.46. The highest BCUT2D eigenvalue weighted by atomic mass is 16.6. The van der Waals surface area contributed by atoms with Crippen molar-refractivity contribution in [3.05, 3.63) is 30.1 Å². The zero-order valence-corrected chi connectivity index (χ0v) is 12.2. The van der Waals surface area contributed by atoms with Crippen LogP contribution in [0.5, 0.6) is 0 Å². The fourth-order valence-electron chi connectivity index (χ4n) is 2.65. The van der Waals surface area contributed by atoms with Crippen molar-refractivity contribution < 1.29 is 19.1 Å². The van der Waals surface area contributed by atoms with E-state index < -0.39 is 12.1 Å². The summed E-state index contributed by atoms with van der Waals surface area (Å²) >= 11 is 0. The minimum Gasteiger partial charge on any atom is -0.447 e. The van der Waals surface area contributed by atoms with Gasteiger partial charge in [-0.15, -0.1) is 0 Å². The SMILES string of the molecule is O=C(NCC1CCCO1)[C@@H]1COC(=O)N1Cc1ccccn1. The zero-order chi connectivity index (χ0) is 15.4.